The SMILES string of the molecule is Cc1ccoc1C(=O)NN. The Morgan fingerprint density at radius 2 is 2.50 bits per heavy atom. The van der Waals surface area contributed by atoms with Gasteiger partial charge in [-0.2, -0.15) is 0 Å². The Morgan fingerprint density at radius 1 is 1.80 bits per heavy atom. The van der Waals surface area contributed by atoms with Crippen molar-refractivity contribution in [2.45, 2.75) is 6.92 Å². The molecule has 0 atom stereocenters. The number of amides is 1. The third-order valence-electron chi connectivity index (χ3n) is 1.20. The Balaban J connectivity index is 2.93. The minimum atomic E-state index is -0.400. The summed E-state index contributed by atoms with van der Waals surface area (Å²) in [5.74, 6) is 4.74. The highest BCUT2D eigenvalue weighted by Crippen LogP contribution is 2.06. The molecule has 0 aromatic carbocycles. The van der Waals surface area contributed by atoms with Crippen molar-refractivity contribution in [2.24, 2.45) is 5.84 Å². The number of aryl methyl sites for hydroxylation is 1. The number of nitrogens with one attached hydrogen (secondary N) is 1. The molecule has 4 heteroatoms. The third-order valence-corrected chi connectivity index (χ3v) is 1.20. The first-order valence-electron chi connectivity index (χ1n) is 2.80. The molecule has 1 rings (SSSR count). The molecule has 0 saturated carbocycles. The summed E-state index contributed by atoms with van der Waals surface area (Å²) in [6, 6.07) is 1.70. The van der Waals surface area contributed by atoms with Gasteiger partial charge in [0.25, 0.3) is 0 Å². The van der Waals surface area contributed by atoms with Gasteiger partial charge < -0.3 is 4.42 Å². The molecule has 54 valence electrons. The van der Waals surface area contributed by atoms with Crippen molar-refractivity contribution in [1.82, 2.24) is 5.43 Å². The number of carbonyl (C=O) groups is 1. The fourth-order valence-electron chi connectivity index (χ4n) is 0.671. The summed E-state index contributed by atoms with van der Waals surface area (Å²) in [6.45, 7) is 1.77. The smallest absolute Gasteiger partial charge is 0.301 e. The lowest BCUT2D eigenvalue weighted by molar-refractivity contribution is 0.0925. The molecule has 0 aliphatic heterocycles. The molecule has 0 saturated heterocycles. The zero-order chi connectivity index (χ0) is 7.56. The number of carbonyl (C=O) groups excluding carboxylic acids is 1. The van der Waals surface area contributed by atoms with Crippen LogP contribution in [-0.2, 0) is 0 Å². The van der Waals surface area contributed by atoms with Crippen molar-refractivity contribution >= 4 is 5.91 Å². The van der Waals surface area contributed by atoms with Gasteiger partial charge in [0, 0.05) is 5.56 Å². The molecule has 0 spiro atoms. The number of furan rings is 1. The summed E-state index contributed by atoms with van der Waals surface area (Å²) in [5, 5.41) is 0. The van der Waals surface area contributed by atoms with E-state index in [2.05, 4.69) is 0 Å². The Kier molecular flexibility index (Phi) is 1.73. The molecular formula is C6H8N2O2. The average molecular weight is 140 g/mol. The van der Waals surface area contributed by atoms with Crippen LogP contribution < -0.4 is 11.3 Å². The van der Waals surface area contributed by atoms with Gasteiger partial charge in [0.05, 0.1) is 6.26 Å². The minimum absolute atomic E-state index is 0.266. The predicted molar refractivity (Wildman–Crippen MR) is 35.1 cm³/mol. The molecule has 0 fully saturated rings. The molecule has 0 radical (unpaired) electrons. The standard InChI is InChI=1S/C6H8N2O2/c1-4-2-3-10-5(4)6(9)8-7/h2-3H,7H2,1H3,(H,8,9). The lowest BCUT2D eigenvalue weighted by Crippen LogP contribution is -2.30. The summed E-state index contributed by atoms with van der Waals surface area (Å²) in [5.41, 5.74) is 2.76. The van der Waals surface area contributed by atoms with Crippen LogP contribution in [0.4, 0.5) is 0 Å². The van der Waals surface area contributed by atoms with E-state index >= 15 is 0 Å². The van der Waals surface area contributed by atoms with Crippen molar-refractivity contribution in [3.05, 3.63) is 23.7 Å². The molecule has 0 aliphatic carbocycles. The Labute approximate surface area is 58.0 Å². The summed E-state index contributed by atoms with van der Waals surface area (Å²) < 4.78 is 4.82. The molecular weight excluding hydrogens is 132 g/mol. The van der Waals surface area contributed by atoms with E-state index in [-0.39, 0.29) is 5.76 Å². The maximum absolute atomic E-state index is 10.8. The highest BCUT2D eigenvalue weighted by Gasteiger charge is 2.09. The molecule has 0 unspecified atom stereocenters. The van der Waals surface area contributed by atoms with Gasteiger partial charge >= 0.3 is 5.91 Å². The first-order chi connectivity index (χ1) is 4.75. The molecule has 10 heavy (non-hydrogen) atoms. The topological polar surface area (TPSA) is 68.3 Å². The van der Waals surface area contributed by atoms with Crippen LogP contribution in [0, 0.1) is 6.92 Å². The van der Waals surface area contributed by atoms with Crippen LogP contribution in [0.25, 0.3) is 0 Å². The number of nitrogen functional groups attached to an aromatic ring is 1. The highest BCUT2D eigenvalue weighted by molar-refractivity contribution is 5.92. The highest BCUT2D eigenvalue weighted by atomic mass is 16.3. The van der Waals surface area contributed by atoms with Crippen molar-refractivity contribution in [1.29, 1.82) is 0 Å². The van der Waals surface area contributed by atoms with Gasteiger partial charge in [-0.1, -0.05) is 0 Å². The van der Waals surface area contributed by atoms with Crippen LogP contribution in [0.15, 0.2) is 16.7 Å². The average Bonchev–Trinajstić information content (AvgIpc) is 2.34. The predicted octanol–water partition coefficient (Wildman–Crippen LogP) is 0.192. The van der Waals surface area contributed by atoms with Gasteiger partial charge in [0.1, 0.15) is 0 Å². The fourth-order valence-corrected chi connectivity index (χ4v) is 0.671. The molecule has 1 aromatic heterocycles. The summed E-state index contributed by atoms with van der Waals surface area (Å²) in [7, 11) is 0. The second-order valence-corrected chi connectivity index (χ2v) is 1.91. The van der Waals surface area contributed by atoms with Crippen molar-refractivity contribution in [2.75, 3.05) is 0 Å². The van der Waals surface area contributed by atoms with E-state index in [0.29, 0.717) is 0 Å². The van der Waals surface area contributed by atoms with Crippen molar-refractivity contribution < 1.29 is 9.21 Å². The quantitative estimate of drug-likeness (QED) is 0.332. The van der Waals surface area contributed by atoms with E-state index in [9.17, 15) is 4.79 Å². The largest absolute Gasteiger partial charge is 0.459 e. The van der Waals surface area contributed by atoms with E-state index in [1.165, 1.54) is 6.26 Å². The molecule has 1 aromatic rings. The van der Waals surface area contributed by atoms with Gasteiger partial charge in [-0.15, -0.1) is 0 Å². The molecule has 0 aliphatic rings. The number of rotatable bonds is 1. The van der Waals surface area contributed by atoms with Crippen LogP contribution in [0.2, 0.25) is 0 Å². The fraction of sp³-hybridized carbons (Fsp3) is 0.167. The maximum Gasteiger partial charge on any atom is 0.301 e. The van der Waals surface area contributed by atoms with Crippen LogP contribution >= 0.6 is 0 Å². The lowest BCUT2D eigenvalue weighted by Gasteiger charge is -1.93. The number of hydrazine groups is 1. The minimum Gasteiger partial charge on any atom is -0.459 e. The molecule has 3 N–H and O–H groups in total. The van der Waals surface area contributed by atoms with E-state index in [1.54, 1.807) is 13.0 Å². The molecule has 1 heterocycles. The summed E-state index contributed by atoms with van der Waals surface area (Å²) >= 11 is 0. The monoisotopic (exact) mass is 140 g/mol. The maximum atomic E-state index is 10.8. The number of hydrogen-bond acceptors (Lipinski definition) is 3. The van der Waals surface area contributed by atoms with Crippen molar-refractivity contribution in [3.63, 3.8) is 0 Å². The van der Waals surface area contributed by atoms with Crippen LogP contribution in [0.3, 0.4) is 0 Å². The van der Waals surface area contributed by atoms with E-state index in [0.717, 1.165) is 5.56 Å². The molecule has 0 bridgehead atoms. The zero-order valence-electron chi connectivity index (χ0n) is 5.55. The molecule has 1 amide bonds. The Hall–Kier alpha value is -1.29. The van der Waals surface area contributed by atoms with Crippen molar-refractivity contribution in [3.8, 4) is 0 Å². The van der Waals surface area contributed by atoms with Crippen LogP contribution in [0.5, 0.6) is 0 Å². The third kappa shape index (κ3) is 1.01. The van der Waals surface area contributed by atoms with Gasteiger partial charge in [-0.25, -0.2) is 5.84 Å². The lowest BCUT2D eigenvalue weighted by atomic mass is 10.3. The first-order valence-corrected chi connectivity index (χ1v) is 2.80. The first kappa shape index (κ1) is 6.82. The van der Waals surface area contributed by atoms with Crippen LogP contribution in [-0.4, -0.2) is 5.91 Å². The van der Waals surface area contributed by atoms with Crippen LogP contribution in [0.1, 0.15) is 16.1 Å². The van der Waals surface area contributed by atoms with Gasteiger partial charge in [-0.3, -0.25) is 10.2 Å². The zero-order valence-corrected chi connectivity index (χ0v) is 5.55. The second-order valence-electron chi connectivity index (χ2n) is 1.91. The van der Waals surface area contributed by atoms with E-state index in [1.807, 2.05) is 5.43 Å². The van der Waals surface area contributed by atoms with E-state index in [4.69, 9.17) is 10.3 Å². The summed E-state index contributed by atoms with van der Waals surface area (Å²) in [4.78, 5) is 10.8. The van der Waals surface area contributed by atoms with Gasteiger partial charge in [-0.05, 0) is 13.0 Å². The number of nitrogens with two attached hydrogens (primary N) is 1. The Morgan fingerprint density at radius 3 is 2.90 bits per heavy atom. The second kappa shape index (κ2) is 2.53. The Bertz CT molecular complexity index is 242. The molecule has 4 nitrogen and oxygen atoms in total. The number of hydrogen-bond donors (Lipinski definition) is 2. The summed E-state index contributed by atoms with van der Waals surface area (Å²) in [6.07, 6.45) is 1.44. The van der Waals surface area contributed by atoms with Gasteiger partial charge in [0.15, 0.2) is 5.76 Å². The van der Waals surface area contributed by atoms with Gasteiger partial charge in [0.2, 0.25) is 0 Å². The van der Waals surface area contributed by atoms with E-state index < -0.39 is 5.91 Å². The normalized spacial score (nSPS) is 9.40.